The van der Waals surface area contributed by atoms with Gasteiger partial charge in [-0.3, -0.25) is 0 Å². The Hall–Kier alpha value is -1.29. The summed E-state index contributed by atoms with van der Waals surface area (Å²) in [5.41, 5.74) is 6.27. The number of hydrogen-bond acceptors (Lipinski definition) is 4. The summed E-state index contributed by atoms with van der Waals surface area (Å²) in [6.45, 7) is 3.32. The van der Waals surface area contributed by atoms with Crippen LogP contribution < -0.4 is 16.4 Å². The first-order valence-corrected chi connectivity index (χ1v) is 5.51. The zero-order valence-electron chi connectivity index (χ0n) is 8.87. The fraction of sp³-hybridized carbons (Fsp3) is 0.545. The summed E-state index contributed by atoms with van der Waals surface area (Å²) < 4.78 is 0. The van der Waals surface area contributed by atoms with Crippen molar-refractivity contribution in [3.05, 3.63) is 18.3 Å². The molecule has 1 fully saturated rings. The fourth-order valence-corrected chi connectivity index (χ4v) is 1.88. The molecule has 0 amide bonds. The van der Waals surface area contributed by atoms with E-state index in [1.807, 2.05) is 12.1 Å². The van der Waals surface area contributed by atoms with Crippen LogP contribution in [0.4, 0.5) is 11.5 Å². The van der Waals surface area contributed by atoms with Gasteiger partial charge in [0.25, 0.3) is 0 Å². The number of pyridine rings is 1. The number of anilines is 2. The van der Waals surface area contributed by atoms with E-state index in [0.717, 1.165) is 24.8 Å². The van der Waals surface area contributed by atoms with E-state index in [1.54, 1.807) is 6.20 Å². The Morgan fingerprint density at radius 1 is 1.53 bits per heavy atom. The molecule has 1 aliphatic rings. The van der Waals surface area contributed by atoms with Crippen molar-refractivity contribution in [3.63, 3.8) is 0 Å². The Morgan fingerprint density at radius 3 is 3.13 bits per heavy atom. The fourth-order valence-electron chi connectivity index (χ4n) is 1.88. The number of hydrogen-bond donors (Lipinski definition) is 3. The second-order valence-electron chi connectivity index (χ2n) is 4.05. The van der Waals surface area contributed by atoms with Crippen LogP contribution in [0.2, 0.25) is 0 Å². The second-order valence-corrected chi connectivity index (χ2v) is 4.05. The van der Waals surface area contributed by atoms with Crippen LogP contribution in [0.5, 0.6) is 0 Å². The third-order valence-electron chi connectivity index (χ3n) is 2.81. The second kappa shape index (κ2) is 4.98. The van der Waals surface area contributed by atoms with Gasteiger partial charge < -0.3 is 16.4 Å². The molecule has 15 heavy (non-hydrogen) atoms. The molecule has 0 radical (unpaired) electrons. The molecule has 1 unspecified atom stereocenters. The lowest BCUT2D eigenvalue weighted by Gasteiger charge is -2.09. The highest BCUT2D eigenvalue weighted by Gasteiger charge is 2.13. The Kier molecular flexibility index (Phi) is 3.40. The first kappa shape index (κ1) is 10.2. The van der Waals surface area contributed by atoms with Crippen molar-refractivity contribution in [3.8, 4) is 0 Å². The van der Waals surface area contributed by atoms with E-state index in [4.69, 9.17) is 5.73 Å². The lowest BCUT2D eigenvalue weighted by molar-refractivity contribution is 0.549. The van der Waals surface area contributed by atoms with E-state index in [2.05, 4.69) is 15.6 Å². The van der Waals surface area contributed by atoms with Crippen molar-refractivity contribution in [2.75, 3.05) is 30.7 Å². The van der Waals surface area contributed by atoms with Crippen LogP contribution in [0.3, 0.4) is 0 Å². The number of nitrogen functional groups attached to an aromatic ring is 1. The Bertz CT molecular complexity index is 290. The van der Waals surface area contributed by atoms with Gasteiger partial charge in [0, 0.05) is 6.54 Å². The van der Waals surface area contributed by atoms with Gasteiger partial charge in [-0.05, 0) is 44.0 Å². The lowest BCUT2D eigenvalue weighted by atomic mass is 10.1. The van der Waals surface area contributed by atoms with Gasteiger partial charge in [-0.25, -0.2) is 4.98 Å². The highest BCUT2D eigenvalue weighted by molar-refractivity contribution is 5.43. The maximum absolute atomic E-state index is 5.56. The molecule has 0 aliphatic carbocycles. The van der Waals surface area contributed by atoms with E-state index in [-0.39, 0.29) is 0 Å². The van der Waals surface area contributed by atoms with Crippen LogP contribution in [-0.4, -0.2) is 24.6 Å². The summed E-state index contributed by atoms with van der Waals surface area (Å²) in [5, 5.41) is 6.67. The summed E-state index contributed by atoms with van der Waals surface area (Å²) in [4.78, 5) is 4.19. The van der Waals surface area contributed by atoms with Crippen molar-refractivity contribution in [1.82, 2.24) is 10.3 Å². The minimum Gasteiger partial charge on any atom is -0.397 e. The number of nitrogens with zero attached hydrogens (tertiary/aromatic N) is 1. The molecule has 1 saturated heterocycles. The minimum absolute atomic E-state index is 0.709. The van der Waals surface area contributed by atoms with Crippen molar-refractivity contribution in [2.45, 2.75) is 12.8 Å². The first-order valence-electron chi connectivity index (χ1n) is 5.51. The minimum atomic E-state index is 0.709. The molecule has 0 aromatic carbocycles. The standard InChI is InChI=1S/C11H18N4/c12-10-1-2-11(15-8-10)14-6-4-9-3-5-13-7-9/h1-2,8-9,13H,3-7,12H2,(H,14,15). The number of rotatable bonds is 4. The normalized spacial score (nSPS) is 20.4. The van der Waals surface area contributed by atoms with Gasteiger partial charge >= 0.3 is 0 Å². The highest BCUT2D eigenvalue weighted by Crippen LogP contribution is 2.12. The number of aromatic nitrogens is 1. The van der Waals surface area contributed by atoms with Crippen molar-refractivity contribution < 1.29 is 0 Å². The van der Waals surface area contributed by atoms with Crippen LogP contribution in [0.25, 0.3) is 0 Å². The van der Waals surface area contributed by atoms with Crippen LogP contribution in [0.1, 0.15) is 12.8 Å². The third-order valence-corrected chi connectivity index (χ3v) is 2.81. The topological polar surface area (TPSA) is 63.0 Å². The predicted octanol–water partition coefficient (Wildman–Crippen LogP) is 1.08. The molecule has 1 aromatic rings. The summed E-state index contributed by atoms with van der Waals surface area (Å²) in [5.74, 6) is 1.74. The van der Waals surface area contributed by atoms with Gasteiger partial charge in [-0.2, -0.15) is 0 Å². The largest absolute Gasteiger partial charge is 0.397 e. The quantitative estimate of drug-likeness (QED) is 0.689. The van der Waals surface area contributed by atoms with Crippen molar-refractivity contribution >= 4 is 11.5 Å². The number of nitrogens with one attached hydrogen (secondary N) is 2. The Labute approximate surface area is 90.3 Å². The van der Waals surface area contributed by atoms with E-state index in [9.17, 15) is 0 Å². The maximum atomic E-state index is 5.56. The molecule has 4 heteroatoms. The summed E-state index contributed by atoms with van der Waals surface area (Å²) in [6, 6.07) is 3.79. The molecule has 0 bridgehead atoms. The third kappa shape index (κ3) is 3.09. The monoisotopic (exact) mass is 206 g/mol. The van der Waals surface area contributed by atoms with Crippen LogP contribution in [0, 0.1) is 5.92 Å². The smallest absolute Gasteiger partial charge is 0.126 e. The molecule has 1 aliphatic heterocycles. The molecule has 0 saturated carbocycles. The van der Waals surface area contributed by atoms with Crippen molar-refractivity contribution in [2.24, 2.45) is 5.92 Å². The van der Waals surface area contributed by atoms with Crippen molar-refractivity contribution in [1.29, 1.82) is 0 Å². The summed E-state index contributed by atoms with van der Waals surface area (Å²) in [6.07, 6.45) is 4.19. The Morgan fingerprint density at radius 2 is 2.47 bits per heavy atom. The van der Waals surface area contributed by atoms with Crippen LogP contribution >= 0.6 is 0 Å². The van der Waals surface area contributed by atoms with Gasteiger partial charge in [0.05, 0.1) is 11.9 Å². The average Bonchev–Trinajstić information content (AvgIpc) is 2.74. The zero-order chi connectivity index (χ0) is 10.5. The number of nitrogens with two attached hydrogens (primary N) is 1. The predicted molar refractivity (Wildman–Crippen MR) is 62.7 cm³/mol. The molecular weight excluding hydrogens is 188 g/mol. The first-order chi connectivity index (χ1) is 7.34. The molecule has 2 rings (SSSR count). The molecule has 4 N–H and O–H groups in total. The van der Waals surface area contributed by atoms with Crippen LogP contribution in [-0.2, 0) is 0 Å². The molecule has 4 nitrogen and oxygen atoms in total. The molecule has 1 atom stereocenters. The molecule has 1 aromatic heterocycles. The Balaban J connectivity index is 1.71. The van der Waals surface area contributed by atoms with Gasteiger partial charge in [-0.1, -0.05) is 0 Å². The SMILES string of the molecule is Nc1ccc(NCCC2CCNC2)nc1. The molecule has 82 valence electrons. The van der Waals surface area contributed by atoms with Gasteiger partial charge in [0.1, 0.15) is 5.82 Å². The average molecular weight is 206 g/mol. The molecular formula is C11H18N4. The van der Waals surface area contributed by atoms with E-state index in [1.165, 1.54) is 19.4 Å². The maximum Gasteiger partial charge on any atom is 0.126 e. The molecule has 2 heterocycles. The summed E-state index contributed by atoms with van der Waals surface area (Å²) >= 11 is 0. The highest BCUT2D eigenvalue weighted by atomic mass is 15.0. The van der Waals surface area contributed by atoms with E-state index in [0.29, 0.717) is 5.69 Å². The summed E-state index contributed by atoms with van der Waals surface area (Å²) in [7, 11) is 0. The van der Waals surface area contributed by atoms with Crippen LogP contribution in [0.15, 0.2) is 18.3 Å². The van der Waals surface area contributed by atoms with Gasteiger partial charge in [0.15, 0.2) is 0 Å². The van der Waals surface area contributed by atoms with E-state index < -0.39 is 0 Å². The lowest BCUT2D eigenvalue weighted by Crippen LogP contribution is -2.13. The van der Waals surface area contributed by atoms with Gasteiger partial charge in [-0.15, -0.1) is 0 Å². The zero-order valence-corrected chi connectivity index (χ0v) is 8.87. The molecule has 0 spiro atoms. The van der Waals surface area contributed by atoms with Gasteiger partial charge in [0.2, 0.25) is 0 Å². The van der Waals surface area contributed by atoms with E-state index >= 15 is 0 Å².